The highest BCUT2D eigenvalue weighted by Gasteiger charge is 2.72. The molecular formula is C12H9ClN2O2S. The van der Waals surface area contributed by atoms with Gasteiger partial charge in [-0.15, -0.1) is 0 Å². The molecule has 0 spiro atoms. The number of rotatable bonds is 2. The van der Waals surface area contributed by atoms with Crippen molar-refractivity contribution in [3.05, 3.63) is 34.9 Å². The van der Waals surface area contributed by atoms with Crippen LogP contribution < -0.4 is 0 Å². The van der Waals surface area contributed by atoms with E-state index in [-0.39, 0.29) is 0 Å². The summed E-state index contributed by atoms with van der Waals surface area (Å²) in [7, 11) is -3.45. The molecule has 0 saturated heterocycles. The Balaban J connectivity index is 2.50. The van der Waals surface area contributed by atoms with Crippen LogP contribution in [0.3, 0.4) is 0 Å². The topological polar surface area (TPSA) is 81.7 Å². The molecule has 18 heavy (non-hydrogen) atoms. The van der Waals surface area contributed by atoms with Crippen molar-refractivity contribution in [2.24, 2.45) is 5.41 Å². The summed E-state index contributed by atoms with van der Waals surface area (Å²) in [6.45, 7) is 0. The molecule has 1 aromatic rings. The van der Waals surface area contributed by atoms with Gasteiger partial charge in [0.15, 0.2) is 15.3 Å². The predicted molar refractivity (Wildman–Crippen MR) is 66.5 cm³/mol. The van der Waals surface area contributed by atoms with Gasteiger partial charge in [-0.2, -0.15) is 10.5 Å². The van der Waals surface area contributed by atoms with E-state index in [0.717, 1.165) is 6.26 Å². The molecular weight excluding hydrogens is 272 g/mol. The van der Waals surface area contributed by atoms with Crippen molar-refractivity contribution in [1.82, 2.24) is 0 Å². The van der Waals surface area contributed by atoms with Crippen LogP contribution in [0.5, 0.6) is 0 Å². The number of nitriles is 2. The van der Waals surface area contributed by atoms with Gasteiger partial charge in [0.05, 0.1) is 12.1 Å². The zero-order valence-electron chi connectivity index (χ0n) is 9.46. The number of hydrogen-bond donors (Lipinski definition) is 0. The van der Waals surface area contributed by atoms with Gasteiger partial charge in [0.25, 0.3) is 0 Å². The van der Waals surface area contributed by atoms with Crippen molar-refractivity contribution in [1.29, 1.82) is 10.5 Å². The van der Waals surface area contributed by atoms with Crippen molar-refractivity contribution in [2.45, 2.75) is 11.2 Å². The van der Waals surface area contributed by atoms with Gasteiger partial charge in [-0.1, -0.05) is 23.7 Å². The first-order valence-electron chi connectivity index (χ1n) is 5.13. The van der Waals surface area contributed by atoms with Gasteiger partial charge in [0.1, 0.15) is 5.25 Å². The first-order chi connectivity index (χ1) is 8.36. The van der Waals surface area contributed by atoms with Gasteiger partial charge < -0.3 is 0 Å². The summed E-state index contributed by atoms with van der Waals surface area (Å²) in [4.78, 5) is 0. The number of nitrogens with zero attached hydrogens (tertiary/aromatic N) is 2. The quantitative estimate of drug-likeness (QED) is 0.828. The third-order valence-electron chi connectivity index (χ3n) is 3.19. The van der Waals surface area contributed by atoms with E-state index in [9.17, 15) is 8.42 Å². The molecule has 1 saturated carbocycles. The number of sulfone groups is 1. The van der Waals surface area contributed by atoms with E-state index in [0.29, 0.717) is 10.6 Å². The van der Waals surface area contributed by atoms with Gasteiger partial charge in [0, 0.05) is 17.2 Å². The Kier molecular flexibility index (Phi) is 2.85. The third-order valence-corrected chi connectivity index (χ3v) is 5.01. The minimum Gasteiger partial charge on any atom is -0.229 e. The predicted octanol–water partition coefficient (Wildman–Crippen LogP) is 1.88. The van der Waals surface area contributed by atoms with E-state index in [1.165, 1.54) is 0 Å². The molecule has 4 nitrogen and oxygen atoms in total. The smallest absolute Gasteiger partial charge is 0.169 e. The first-order valence-corrected chi connectivity index (χ1v) is 7.47. The summed E-state index contributed by atoms with van der Waals surface area (Å²) in [5, 5.41) is 17.8. The van der Waals surface area contributed by atoms with Crippen LogP contribution in [0.4, 0.5) is 0 Å². The summed E-state index contributed by atoms with van der Waals surface area (Å²) in [6, 6.07) is 10.2. The average molecular weight is 281 g/mol. The van der Waals surface area contributed by atoms with Crippen molar-refractivity contribution in [2.75, 3.05) is 6.26 Å². The number of benzene rings is 1. The Morgan fingerprint density at radius 1 is 1.22 bits per heavy atom. The molecule has 2 rings (SSSR count). The van der Waals surface area contributed by atoms with E-state index in [2.05, 4.69) is 0 Å². The maximum absolute atomic E-state index is 11.6. The van der Waals surface area contributed by atoms with Crippen LogP contribution in [0.2, 0.25) is 5.02 Å². The lowest BCUT2D eigenvalue weighted by molar-refractivity contribution is 0.597. The van der Waals surface area contributed by atoms with Gasteiger partial charge in [0.2, 0.25) is 0 Å². The fourth-order valence-corrected chi connectivity index (χ4v) is 4.18. The van der Waals surface area contributed by atoms with Crippen LogP contribution in [0.25, 0.3) is 0 Å². The molecule has 1 aliphatic carbocycles. The molecule has 0 unspecified atom stereocenters. The highest BCUT2D eigenvalue weighted by molar-refractivity contribution is 7.91. The fraction of sp³-hybridized carbons (Fsp3) is 0.333. The monoisotopic (exact) mass is 280 g/mol. The van der Waals surface area contributed by atoms with Crippen LogP contribution in [0.15, 0.2) is 24.3 Å². The van der Waals surface area contributed by atoms with E-state index >= 15 is 0 Å². The normalized spacial score (nSPS) is 24.9. The van der Waals surface area contributed by atoms with Crippen molar-refractivity contribution in [3.8, 4) is 12.1 Å². The largest absolute Gasteiger partial charge is 0.229 e. The Bertz CT molecular complexity index is 654. The highest BCUT2D eigenvalue weighted by atomic mass is 35.5. The third kappa shape index (κ3) is 1.77. The molecule has 2 atom stereocenters. The molecule has 0 bridgehead atoms. The van der Waals surface area contributed by atoms with Crippen molar-refractivity contribution in [3.63, 3.8) is 0 Å². The van der Waals surface area contributed by atoms with E-state index in [1.54, 1.807) is 24.3 Å². The lowest BCUT2D eigenvalue weighted by Crippen LogP contribution is -2.11. The molecule has 1 aliphatic rings. The molecule has 0 heterocycles. The number of halogens is 1. The molecule has 92 valence electrons. The van der Waals surface area contributed by atoms with E-state index in [4.69, 9.17) is 22.1 Å². The van der Waals surface area contributed by atoms with Crippen molar-refractivity contribution < 1.29 is 8.42 Å². The second-order valence-electron chi connectivity index (χ2n) is 4.37. The van der Waals surface area contributed by atoms with Crippen LogP contribution >= 0.6 is 11.6 Å². The number of hydrogen-bond acceptors (Lipinski definition) is 4. The van der Waals surface area contributed by atoms with Gasteiger partial charge in [-0.3, -0.25) is 0 Å². The standard InChI is InChI=1S/C12H9ClN2O2S/c1-18(16,17)11-10(12(11,6-14)7-15)8-2-4-9(13)5-3-8/h2-5,10-11H,1H3/t10-,11-/m0/s1. The minimum atomic E-state index is -3.45. The van der Waals surface area contributed by atoms with Crippen LogP contribution in [0, 0.1) is 28.1 Å². The fourth-order valence-electron chi connectivity index (χ4n) is 2.34. The molecule has 0 radical (unpaired) electrons. The summed E-state index contributed by atoms with van der Waals surface area (Å²) < 4.78 is 23.3. The SMILES string of the molecule is CS(=O)(=O)[C@H]1[C@H](c2ccc(Cl)cc2)C1(C#N)C#N. The molecule has 1 aromatic carbocycles. The van der Waals surface area contributed by atoms with Crippen LogP contribution in [-0.2, 0) is 9.84 Å². The van der Waals surface area contributed by atoms with E-state index < -0.39 is 26.4 Å². The van der Waals surface area contributed by atoms with Gasteiger partial charge in [-0.05, 0) is 17.7 Å². The Labute approximate surface area is 110 Å². The summed E-state index contributed by atoms with van der Waals surface area (Å²) in [5.74, 6) is -0.597. The van der Waals surface area contributed by atoms with Gasteiger partial charge in [-0.25, -0.2) is 8.42 Å². The molecule has 0 amide bonds. The van der Waals surface area contributed by atoms with Crippen molar-refractivity contribution >= 4 is 21.4 Å². The van der Waals surface area contributed by atoms with Crippen LogP contribution in [0.1, 0.15) is 11.5 Å². The molecule has 1 fully saturated rings. The zero-order chi connectivity index (χ0) is 13.6. The Morgan fingerprint density at radius 3 is 2.06 bits per heavy atom. The maximum atomic E-state index is 11.6. The zero-order valence-corrected chi connectivity index (χ0v) is 11.0. The second kappa shape index (κ2) is 3.98. The van der Waals surface area contributed by atoms with E-state index in [1.807, 2.05) is 12.1 Å². The first kappa shape index (κ1) is 12.9. The lowest BCUT2D eigenvalue weighted by Gasteiger charge is -1.99. The summed E-state index contributed by atoms with van der Waals surface area (Å²) in [5.41, 5.74) is -0.820. The van der Waals surface area contributed by atoms with Crippen LogP contribution in [-0.4, -0.2) is 19.9 Å². The summed E-state index contributed by atoms with van der Waals surface area (Å²) in [6.07, 6.45) is 1.05. The average Bonchev–Trinajstić information content (AvgIpc) is 3.00. The summed E-state index contributed by atoms with van der Waals surface area (Å²) >= 11 is 5.75. The molecule has 0 N–H and O–H groups in total. The Morgan fingerprint density at radius 2 is 1.72 bits per heavy atom. The Hall–Kier alpha value is -1.56. The lowest BCUT2D eigenvalue weighted by atomic mass is 10.0. The second-order valence-corrected chi connectivity index (χ2v) is 6.98. The molecule has 0 aromatic heterocycles. The van der Waals surface area contributed by atoms with Gasteiger partial charge >= 0.3 is 0 Å². The highest BCUT2D eigenvalue weighted by Crippen LogP contribution is 2.62. The molecule has 6 heteroatoms. The maximum Gasteiger partial charge on any atom is 0.169 e. The minimum absolute atomic E-state index is 0.523. The molecule has 0 aliphatic heterocycles.